The zero-order chi connectivity index (χ0) is 21.1. The Morgan fingerprint density at radius 2 is 1.83 bits per heavy atom. The number of halogens is 1. The number of thioether (sulfide) groups is 1. The van der Waals surface area contributed by atoms with Crippen LogP contribution in [0.3, 0.4) is 0 Å². The number of nitrogens with zero attached hydrogens (tertiary/aromatic N) is 5. The van der Waals surface area contributed by atoms with Crippen LogP contribution in [-0.4, -0.2) is 31.5 Å². The Morgan fingerprint density at radius 3 is 2.47 bits per heavy atom. The molecule has 2 aromatic heterocycles. The van der Waals surface area contributed by atoms with Gasteiger partial charge in [0.1, 0.15) is 5.75 Å². The van der Waals surface area contributed by atoms with E-state index in [0.29, 0.717) is 18.3 Å². The van der Waals surface area contributed by atoms with Crippen molar-refractivity contribution in [2.45, 2.75) is 31.2 Å². The Labute approximate surface area is 187 Å². The Bertz CT molecular complexity index is 1130. The third kappa shape index (κ3) is 4.41. The molecule has 0 saturated carbocycles. The van der Waals surface area contributed by atoms with Crippen molar-refractivity contribution in [2.75, 3.05) is 6.61 Å². The molecule has 0 aliphatic carbocycles. The topological polar surface area (TPSA) is 78.9 Å². The van der Waals surface area contributed by atoms with E-state index in [0.717, 1.165) is 32.5 Å². The van der Waals surface area contributed by atoms with Crippen LogP contribution in [0.1, 0.15) is 30.8 Å². The second-order valence-electron chi connectivity index (χ2n) is 6.52. The second-order valence-corrected chi connectivity index (χ2v) is 8.74. The lowest BCUT2D eigenvalue weighted by Gasteiger charge is -2.13. The first-order chi connectivity index (χ1) is 14.5. The predicted octanol–water partition coefficient (Wildman–Crippen LogP) is 5.64. The number of aromatic nitrogens is 5. The highest BCUT2D eigenvalue weighted by molar-refractivity contribution is 9.10. The molecule has 7 nitrogen and oxygen atoms in total. The standard InChI is InChI=1S/C21H20BrN5O2S/c1-4-28-18-11-9-17(10-12-18)27-19(15-5-7-16(22)8-6-15)24-25-21(27)30-13(2)20-23-14(3)26-29-20/h5-13H,4H2,1-3H3/t13-/m0/s1. The van der Waals surface area contributed by atoms with E-state index < -0.39 is 0 Å². The zero-order valence-electron chi connectivity index (χ0n) is 16.7. The average molecular weight is 486 g/mol. The van der Waals surface area contributed by atoms with Gasteiger partial charge in [-0.05, 0) is 57.2 Å². The van der Waals surface area contributed by atoms with E-state index >= 15 is 0 Å². The molecule has 4 rings (SSSR count). The molecule has 2 aromatic carbocycles. The van der Waals surface area contributed by atoms with Gasteiger partial charge in [-0.3, -0.25) is 4.57 Å². The molecular weight excluding hydrogens is 466 g/mol. The maximum atomic E-state index is 5.58. The minimum Gasteiger partial charge on any atom is -0.494 e. The third-order valence-corrected chi connectivity index (χ3v) is 5.87. The lowest BCUT2D eigenvalue weighted by molar-refractivity contribution is 0.340. The second kappa shape index (κ2) is 9.01. The Hall–Kier alpha value is -2.65. The van der Waals surface area contributed by atoms with Crippen LogP contribution >= 0.6 is 27.7 Å². The average Bonchev–Trinajstić information content (AvgIpc) is 3.36. The number of rotatable bonds is 7. The summed E-state index contributed by atoms with van der Waals surface area (Å²) in [6.07, 6.45) is 0. The summed E-state index contributed by atoms with van der Waals surface area (Å²) in [4.78, 5) is 4.34. The van der Waals surface area contributed by atoms with E-state index in [1.165, 1.54) is 11.8 Å². The van der Waals surface area contributed by atoms with Crippen molar-refractivity contribution < 1.29 is 9.26 Å². The van der Waals surface area contributed by atoms with Crippen LogP contribution in [0.5, 0.6) is 5.75 Å². The maximum absolute atomic E-state index is 5.58. The fourth-order valence-electron chi connectivity index (χ4n) is 2.91. The number of benzene rings is 2. The Balaban J connectivity index is 1.75. The number of ether oxygens (including phenoxy) is 1. The number of aryl methyl sites for hydroxylation is 1. The molecule has 0 radical (unpaired) electrons. The molecule has 0 fully saturated rings. The van der Waals surface area contributed by atoms with Crippen molar-refractivity contribution in [1.82, 2.24) is 24.9 Å². The first-order valence-corrected chi connectivity index (χ1v) is 11.1. The molecule has 0 N–H and O–H groups in total. The molecule has 1 atom stereocenters. The fraction of sp³-hybridized carbons (Fsp3) is 0.238. The van der Waals surface area contributed by atoms with Gasteiger partial charge in [0.05, 0.1) is 11.9 Å². The van der Waals surface area contributed by atoms with Crippen LogP contribution in [0.2, 0.25) is 0 Å². The van der Waals surface area contributed by atoms with Crippen LogP contribution in [0.4, 0.5) is 0 Å². The van der Waals surface area contributed by atoms with Gasteiger partial charge in [0.25, 0.3) is 0 Å². The van der Waals surface area contributed by atoms with Crippen molar-refractivity contribution in [2.24, 2.45) is 0 Å². The molecule has 4 aromatic rings. The predicted molar refractivity (Wildman–Crippen MR) is 119 cm³/mol. The van der Waals surface area contributed by atoms with E-state index in [4.69, 9.17) is 9.26 Å². The van der Waals surface area contributed by atoms with Crippen LogP contribution in [0.25, 0.3) is 17.1 Å². The molecule has 0 spiro atoms. The molecule has 0 bridgehead atoms. The van der Waals surface area contributed by atoms with Gasteiger partial charge in [-0.25, -0.2) is 0 Å². The smallest absolute Gasteiger partial charge is 0.239 e. The van der Waals surface area contributed by atoms with Crippen LogP contribution < -0.4 is 4.74 Å². The summed E-state index contributed by atoms with van der Waals surface area (Å²) in [5, 5.41) is 13.5. The van der Waals surface area contributed by atoms with Crippen molar-refractivity contribution in [1.29, 1.82) is 0 Å². The molecule has 0 aliphatic rings. The lowest BCUT2D eigenvalue weighted by Crippen LogP contribution is -2.01. The maximum Gasteiger partial charge on any atom is 0.239 e. The van der Waals surface area contributed by atoms with E-state index in [2.05, 4.69) is 36.3 Å². The molecule has 0 aliphatic heterocycles. The van der Waals surface area contributed by atoms with Crippen molar-refractivity contribution in [3.8, 4) is 22.8 Å². The van der Waals surface area contributed by atoms with E-state index in [-0.39, 0.29) is 5.25 Å². The third-order valence-electron chi connectivity index (χ3n) is 4.31. The molecule has 0 amide bonds. The highest BCUT2D eigenvalue weighted by Gasteiger charge is 2.22. The van der Waals surface area contributed by atoms with Crippen molar-refractivity contribution in [3.05, 3.63) is 64.7 Å². The number of hydrogen-bond acceptors (Lipinski definition) is 7. The number of hydrogen-bond donors (Lipinski definition) is 0. The summed E-state index contributed by atoms with van der Waals surface area (Å²) in [5.74, 6) is 2.75. The van der Waals surface area contributed by atoms with Crippen LogP contribution in [0, 0.1) is 6.92 Å². The monoisotopic (exact) mass is 485 g/mol. The molecule has 30 heavy (non-hydrogen) atoms. The highest BCUT2D eigenvalue weighted by Crippen LogP contribution is 2.36. The minimum atomic E-state index is -0.0744. The quantitative estimate of drug-likeness (QED) is 0.313. The van der Waals surface area contributed by atoms with Gasteiger partial charge in [-0.2, -0.15) is 4.98 Å². The largest absolute Gasteiger partial charge is 0.494 e. The van der Waals surface area contributed by atoms with Gasteiger partial charge < -0.3 is 9.26 Å². The Morgan fingerprint density at radius 1 is 1.10 bits per heavy atom. The van der Waals surface area contributed by atoms with Gasteiger partial charge in [-0.15, -0.1) is 10.2 Å². The van der Waals surface area contributed by atoms with Crippen molar-refractivity contribution in [3.63, 3.8) is 0 Å². The summed E-state index contributed by atoms with van der Waals surface area (Å²) >= 11 is 5.00. The van der Waals surface area contributed by atoms with Gasteiger partial charge >= 0.3 is 0 Å². The van der Waals surface area contributed by atoms with Crippen LogP contribution in [-0.2, 0) is 0 Å². The van der Waals surface area contributed by atoms with E-state index in [9.17, 15) is 0 Å². The summed E-state index contributed by atoms with van der Waals surface area (Å²) in [5.41, 5.74) is 1.91. The molecule has 2 heterocycles. The summed E-state index contributed by atoms with van der Waals surface area (Å²) < 4.78 is 14.0. The van der Waals surface area contributed by atoms with Gasteiger partial charge in [0, 0.05) is 15.7 Å². The fourth-order valence-corrected chi connectivity index (χ4v) is 4.07. The first kappa shape index (κ1) is 20.6. The molecule has 0 saturated heterocycles. The Kier molecular flexibility index (Phi) is 6.19. The molecule has 154 valence electrons. The molecule has 9 heteroatoms. The minimum absolute atomic E-state index is 0.0744. The SMILES string of the molecule is CCOc1ccc(-n2c(S[C@@H](C)c3nc(C)no3)nnc2-c2ccc(Br)cc2)cc1. The van der Waals surface area contributed by atoms with Crippen molar-refractivity contribution >= 4 is 27.7 Å². The first-order valence-electron chi connectivity index (χ1n) is 9.46. The van der Waals surface area contributed by atoms with Gasteiger partial charge in [0.2, 0.25) is 5.89 Å². The van der Waals surface area contributed by atoms with Crippen LogP contribution in [0.15, 0.2) is 62.7 Å². The lowest BCUT2D eigenvalue weighted by atomic mass is 10.2. The van der Waals surface area contributed by atoms with Gasteiger partial charge in [0.15, 0.2) is 16.8 Å². The summed E-state index contributed by atoms with van der Waals surface area (Å²) in [7, 11) is 0. The van der Waals surface area contributed by atoms with Gasteiger partial charge in [-0.1, -0.05) is 45.0 Å². The summed E-state index contributed by atoms with van der Waals surface area (Å²) in [6.45, 7) is 6.40. The zero-order valence-corrected chi connectivity index (χ0v) is 19.1. The normalized spacial score (nSPS) is 12.1. The van der Waals surface area contributed by atoms with E-state index in [1.807, 2.05) is 66.9 Å². The molecular formula is C21H20BrN5O2S. The van der Waals surface area contributed by atoms with E-state index in [1.54, 1.807) is 6.92 Å². The molecule has 0 unspecified atom stereocenters. The highest BCUT2D eigenvalue weighted by atomic mass is 79.9. The summed E-state index contributed by atoms with van der Waals surface area (Å²) in [6, 6.07) is 15.9.